The Kier molecular flexibility index (Phi) is 46.3. The first-order valence-corrected chi connectivity index (χ1v) is 38.6. The van der Waals surface area contributed by atoms with E-state index in [0.717, 1.165) is 0 Å². The lowest BCUT2D eigenvalue weighted by atomic mass is 9.97. The van der Waals surface area contributed by atoms with Crippen LogP contribution in [0.25, 0.3) is 0 Å². The van der Waals surface area contributed by atoms with E-state index < -0.39 is 220 Å². The van der Waals surface area contributed by atoms with Gasteiger partial charge in [0, 0.05) is 99.4 Å². The van der Waals surface area contributed by atoms with Gasteiger partial charge in [-0.05, 0) is 116 Å². The van der Waals surface area contributed by atoms with Crippen molar-refractivity contribution in [1.29, 1.82) is 0 Å². The lowest BCUT2D eigenvalue weighted by molar-refractivity contribution is -0.270. The zero-order chi connectivity index (χ0) is 83.0. The minimum atomic E-state index is -1.54. The summed E-state index contributed by atoms with van der Waals surface area (Å²) in [5.74, 6) is -5.38. The van der Waals surface area contributed by atoms with Gasteiger partial charge in [-0.3, -0.25) is 52.7 Å². The van der Waals surface area contributed by atoms with Crippen molar-refractivity contribution in [2.45, 2.75) is 310 Å². The molecule has 22 N–H and O–H groups in total. The number of amides is 10. The Bertz CT molecular complexity index is 2880. The van der Waals surface area contributed by atoms with E-state index >= 15 is 0 Å². The number of aliphatic hydroxyl groups excluding tert-OH is 12. The van der Waals surface area contributed by atoms with E-state index in [-0.39, 0.29) is 129 Å². The summed E-state index contributed by atoms with van der Waals surface area (Å²) in [4.78, 5) is 141. The van der Waals surface area contributed by atoms with Crippen LogP contribution in [0.1, 0.15) is 169 Å². The predicted molar refractivity (Wildman–Crippen MR) is 388 cm³/mol. The molecule has 4 aliphatic heterocycles. The summed E-state index contributed by atoms with van der Waals surface area (Å²) in [5, 5.41) is 149. The molecule has 41 heteroatoms. The Morgan fingerprint density at radius 3 is 0.830 bits per heavy atom. The molecule has 0 spiro atoms. The normalized spacial score (nSPS) is 28.6. The molecule has 0 bridgehead atoms. The summed E-state index contributed by atoms with van der Waals surface area (Å²) in [7, 11) is 0. The Morgan fingerprint density at radius 1 is 0.304 bits per heavy atom. The second-order valence-corrected chi connectivity index (χ2v) is 28.4. The first-order valence-electron chi connectivity index (χ1n) is 38.6. The van der Waals surface area contributed by atoms with E-state index in [1.807, 2.05) is 0 Å². The number of rotatable bonds is 53. The molecule has 4 aliphatic rings. The summed E-state index contributed by atoms with van der Waals surface area (Å²) in [6.07, 6.45) is -17.1. The largest absolute Gasteiger partial charge is 0.394 e. The molecule has 0 aromatic heterocycles. The Hall–Kier alpha value is -6.43. The summed E-state index contributed by atoms with van der Waals surface area (Å²) in [6, 6.07) is -7.87. The van der Waals surface area contributed by atoms with Gasteiger partial charge in [-0.15, -0.1) is 0 Å². The highest BCUT2D eigenvalue weighted by Gasteiger charge is 2.49. The fraction of sp³-hybridized carbons (Fsp3) is 0.845. The second-order valence-electron chi connectivity index (χ2n) is 28.4. The molecule has 644 valence electrons. The van der Waals surface area contributed by atoms with E-state index in [2.05, 4.69) is 53.2 Å². The van der Waals surface area contributed by atoms with Crippen LogP contribution >= 0.6 is 0 Å². The number of hydrogen-bond acceptors (Lipinski definition) is 31. The molecule has 23 atom stereocenters. The van der Waals surface area contributed by atoms with Crippen molar-refractivity contribution < 1.29 is 152 Å². The zero-order valence-corrected chi connectivity index (χ0v) is 64.5. The van der Waals surface area contributed by atoms with E-state index in [1.165, 1.54) is 34.6 Å². The minimum absolute atomic E-state index is 0.0344. The number of unbranched alkanes of at least 4 members (excludes halogenated alkanes) is 7. The second kappa shape index (κ2) is 52.9. The molecule has 41 nitrogen and oxygen atoms in total. The van der Waals surface area contributed by atoms with Crippen molar-refractivity contribution in [3.05, 3.63) is 0 Å². The van der Waals surface area contributed by atoms with E-state index in [4.69, 9.17) is 37.9 Å². The standard InChI is InChI=1S/C71H124N10O31/c1-38(86)43(81-67(104)45(80-53(94)26-12-19-33-108-71-57(78-42(5)90)65(102)61(98)49(37-85)112-71)22-8-14-28-73-51(92)24-10-17-31-106-69-55(76-40(3)88)63(100)59(96)47(35-83)110-69)20-6-15-29-74-66(103)44(79-52(93)25-11-18-32-107-70-56(77-41(4)89)64(101)60(97)48(36-84)111-70)21-7-13-27-72-50(91)23-9-16-30-105-68-54(75-39(2)87)62(99)58(95)46(34-82)109-68/h43-49,54-65,68-71,82-85,95-102H,6-37H2,1-5H3,(H,72,91)(H,73,92)(H,74,103)(H,75,87)(H,76,88)(H,77,89)(H,78,90)(H,79,93)(H,80,94)(H,81,104)/t43?,44?,45?,46?,47?,48?,49?,54-,55-,56-,57-,58-,59-,60-,61-,62?,63?,64?,65?,68+,69+,70+,71+/m0/s1. The van der Waals surface area contributed by atoms with E-state index in [0.29, 0.717) is 64.2 Å². The van der Waals surface area contributed by atoms with Crippen LogP contribution in [0, 0.1) is 0 Å². The number of ether oxygens (including phenoxy) is 8. The lowest BCUT2D eigenvalue weighted by Crippen LogP contribution is -2.64. The summed E-state index contributed by atoms with van der Waals surface area (Å²) >= 11 is 0. The highest BCUT2D eigenvalue weighted by Crippen LogP contribution is 2.27. The molecule has 0 saturated carbocycles. The molecule has 4 fully saturated rings. The SMILES string of the molecule is CC(=O)N[C@H]1C(O)[C@@H](O)C(CO)O[C@H]1OCCCCC(=O)NCCCCC(NC(=O)CCCCO[C@@H]1OC(CO)[C@H](O)C(O)[C@@H]1NC(C)=O)C(=O)NCCCCC(NC(=O)C(CCCCNC(=O)CCCCO[C@@H]1OC(CO)[C@H](O)C(O)[C@@H]1NC(C)=O)NC(=O)CCCCO[C@@H]1OC(CO)[C@H](O)C(O)[C@@H]1NC(C)=O)C(C)=O. The summed E-state index contributed by atoms with van der Waals surface area (Å²) in [5.41, 5.74) is 0. The molecule has 0 aromatic carbocycles. The monoisotopic (exact) mass is 1610 g/mol. The van der Waals surface area contributed by atoms with Crippen LogP contribution in [0.15, 0.2) is 0 Å². The summed E-state index contributed by atoms with van der Waals surface area (Å²) in [6.45, 7) is 3.99. The van der Waals surface area contributed by atoms with Crippen molar-refractivity contribution in [3.63, 3.8) is 0 Å². The number of carbonyl (C=O) groups excluding carboxylic acids is 11. The van der Waals surface area contributed by atoms with Crippen LogP contribution in [0.5, 0.6) is 0 Å². The van der Waals surface area contributed by atoms with Crippen molar-refractivity contribution >= 4 is 64.9 Å². The van der Waals surface area contributed by atoms with Crippen LogP contribution in [0.2, 0.25) is 0 Å². The fourth-order valence-corrected chi connectivity index (χ4v) is 12.9. The minimum Gasteiger partial charge on any atom is -0.394 e. The maximum absolute atomic E-state index is 14.1. The molecule has 0 radical (unpaired) electrons. The number of hydrogen-bond donors (Lipinski definition) is 22. The average molecular weight is 1610 g/mol. The van der Waals surface area contributed by atoms with Crippen LogP contribution in [-0.2, 0) is 90.6 Å². The first kappa shape index (κ1) is 97.9. The molecule has 112 heavy (non-hydrogen) atoms. The first-order chi connectivity index (χ1) is 53.3. The lowest BCUT2D eigenvalue weighted by Gasteiger charge is -2.42. The predicted octanol–water partition coefficient (Wildman–Crippen LogP) is -7.59. The third-order valence-corrected chi connectivity index (χ3v) is 19.1. The van der Waals surface area contributed by atoms with Crippen LogP contribution < -0.4 is 53.2 Å². The molecule has 0 aromatic rings. The van der Waals surface area contributed by atoms with Crippen LogP contribution in [0.4, 0.5) is 0 Å². The third-order valence-electron chi connectivity index (χ3n) is 19.1. The highest BCUT2D eigenvalue weighted by molar-refractivity contribution is 5.92. The smallest absolute Gasteiger partial charge is 0.243 e. The zero-order valence-electron chi connectivity index (χ0n) is 64.5. The number of ketones is 1. The molecular weight excluding hydrogens is 1490 g/mol. The maximum atomic E-state index is 14.1. The van der Waals surface area contributed by atoms with Crippen molar-refractivity contribution in [2.24, 2.45) is 0 Å². The Balaban J connectivity index is 1.33. The number of Topliss-reactive ketones (excluding diaryl/α,β-unsaturated/α-hetero) is 1. The third kappa shape index (κ3) is 34.6. The summed E-state index contributed by atoms with van der Waals surface area (Å²) < 4.78 is 45.3. The van der Waals surface area contributed by atoms with Crippen LogP contribution in [0.3, 0.4) is 0 Å². The van der Waals surface area contributed by atoms with Gasteiger partial charge in [-0.2, -0.15) is 0 Å². The maximum Gasteiger partial charge on any atom is 0.243 e. The van der Waals surface area contributed by atoms with Gasteiger partial charge in [-0.1, -0.05) is 0 Å². The van der Waals surface area contributed by atoms with Gasteiger partial charge in [0.25, 0.3) is 0 Å². The molecular formula is C71H124N10O31. The average Bonchev–Trinajstić information content (AvgIpc) is 0.829. The highest BCUT2D eigenvalue weighted by atomic mass is 16.7. The Labute approximate surface area is 650 Å². The molecule has 4 rings (SSSR count). The molecule has 0 aliphatic carbocycles. The fourth-order valence-electron chi connectivity index (χ4n) is 12.9. The Morgan fingerprint density at radius 2 is 0.562 bits per heavy atom. The van der Waals surface area contributed by atoms with Gasteiger partial charge >= 0.3 is 0 Å². The number of nitrogens with one attached hydrogen (secondary N) is 10. The molecule has 10 amide bonds. The van der Waals surface area contributed by atoms with Gasteiger partial charge in [0.2, 0.25) is 59.1 Å². The molecule has 4 heterocycles. The number of carbonyl (C=O) groups is 11. The van der Waals surface area contributed by atoms with Crippen LogP contribution in [-0.4, -0.2) is 339 Å². The van der Waals surface area contributed by atoms with Crippen molar-refractivity contribution in [2.75, 3.05) is 72.5 Å². The molecule has 4 saturated heterocycles. The van der Waals surface area contributed by atoms with Gasteiger partial charge in [0.1, 0.15) is 109 Å². The van der Waals surface area contributed by atoms with Gasteiger partial charge in [0.15, 0.2) is 30.9 Å². The molecule has 11 unspecified atom stereocenters. The number of aliphatic hydroxyl groups is 12. The van der Waals surface area contributed by atoms with Gasteiger partial charge in [0.05, 0.1) is 32.5 Å². The quantitative estimate of drug-likeness (QED) is 0.0252. The van der Waals surface area contributed by atoms with Crippen molar-refractivity contribution in [3.8, 4) is 0 Å². The van der Waals surface area contributed by atoms with Gasteiger partial charge in [-0.25, -0.2) is 0 Å². The van der Waals surface area contributed by atoms with E-state index in [1.54, 1.807) is 0 Å². The topological polar surface area (TPSA) is 625 Å². The van der Waals surface area contributed by atoms with Crippen molar-refractivity contribution in [1.82, 2.24) is 53.2 Å². The van der Waals surface area contributed by atoms with Gasteiger partial charge < -0.3 is 152 Å². The van der Waals surface area contributed by atoms with E-state index in [9.17, 15) is 114 Å².